The lowest BCUT2D eigenvalue weighted by molar-refractivity contribution is 0.474. The van der Waals surface area contributed by atoms with E-state index in [4.69, 9.17) is 0 Å². The molecule has 1 unspecified atom stereocenters. The van der Waals surface area contributed by atoms with Gasteiger partial charge in [0.25, 0.3) is 0 Å². The van der Waals surface area contributed by atoms with Gasteiger partial charge in [-0.05, 0) is 36.1 Å². The minimum absolute atomic E-state index is 0.481. The first kappa shape index (κ1) is 13.1. The summed E-state index contributed by atoms with van der Waals surface area (Å²) in [7, 11) is 0. The van der Waals surface area contributed by atoms with Crippen LogP contribution in [-0.2, 0) is 6.54 Å². The molecule has 3 heteroatoms. The van der Waals surface area contributed by atoms with Gasteiger partial charge in [-0.15, -0.1) is 0 Å². The van der Waals surface area contributed by atoms with E-state index in [2.05, 4.69) is 60.7 Å². The summed E-state index contributed by atoms with van der Waals surface area (Å²) in [6.45, 7) is 8.48. The molecule has 1 atom stereocenters. The maximum absolute atomic E-state index is 3.54. The van der Waals surface area contributed by atoms with Crippen LogP contribution in [0.25, 0.3) is 10.9 Å². The van der Waals surface area contributed by atoms with Crippen LogP contribution in [-0.4, -0.2) is 23.6 Å². The number of fused-ring (bicyclic) bond motifs is 1. The van der Waals surface area contributed by atoms with E-state index in [9.17, 15) is 0 Å². The van der Waals surface area contributed by atoms with Crippen LogP contribution in [0.15, 0.2) is 30.5 Å². The highest BCUT2D eigenvalue weighted by molar-refractivity contribution is 5.79. The lowest BCUT2D eigenvalue weighted by atomic mass is 10.1. The minimum atomic E-state index is 0.481. The summed E-state index contributed by atoms with van der Waals surface area (Å²) in [5, 5.41) is 8.26. The van der Waals surface area contributed by atoms with Crippen molar-refractivity contribution in [3.8, 4) is 0 Å². The Morgan fingerprint density at radius 1 is 1.11 bits per heavy atom. The number of aromatic amines is 1. The Morgan fingerprint density at radius 2 is 1.94 bits per heavy atom. The van der Waals surface area contributed by atoms with Crippen LogP contribution < -0.4 is 10.6 Å². The molecular weight excluding hydrogens is 222 g/mol. The van der Waals surface area contributed by atoms with Crippen molar-refractivity contribution in [3.63, 3.8) is 0 Å². The van der Waals surface area contributed by atoms with Gasteiger partial charge in [-0.3, -0.25) is 0 Å². The molecule has 18 heavy (non-hydrogen) atoms. The Morgan fingerprint density at radius 3 is 2.72 bits per heavy atom. The molecule has 2 aromatic rings. The molecule has 2 rings (SSSR count). The van der Waals surface area contributed by atoms with Crippen molar-refractivity contribution < 1.29 is 0 Å². The highest BCUT2D eigenvalue weighted by Crippen LogP contribution is 2.14. The van der Waals surface area contributed by atoms with Gasteiger partial charge in [-0.1, -0.05) is 19.9 Å². The normalized spacial score (nSPS) is 13.3. The lowest BCUT2D eigenvalue weighted by Gasteiger charge is -2.16. The molecule has 0 radical (unpaired) electrons. The van der Waals surface area contributed by atoms with Gasteiger partial charge in [-0.2, -0.15) is 0 Å². The molecule has 0 aliphatic rings. The number of aromatic nitrogens is 1. The Bertz CT molecular complexity index is 487. The van der Waals surface area contributed by atoms with Crippen molar-refractivity contribution in [2.75, 3.05) is 6.54 Å². The third-order valence-corrected chi connectivity index (χ3v) is 3.10. The highest BCUT2D eigenvalue weighted by atomic mass is 15.0. The van der Waals surface area contributed by atoms with Gasteiger partial charge in [0.05, 0.1) is 0 Å². The zero-order valence-corrected chi connectivity index (χ0v) is 11.5. The van der Waals surface area contributed by atoms with Crippen LogP contribution >= 0.6 is 0 Å². The predicted octanol–water partition coefficient (Wildman–Crippen LogP) is 2.64. The molecule has 0 saturated carbocycles. The Labute approximate surface area is 109 Å². The van der Waals surface area contributed by atoms with E-state index in [0.29, 0.717) is 12.1 Å². The molecule has 0 aliphatic carbocycles. The number of hydrogen-bond acceptors (Lipinski definition) is 2. The highest BCUT2D eigenvalue weighted by Gasteiger charge is 2.03. The SMILES string of the molecule is CC(C)NCC(C)NCc1ccc2[nH]ccc2c1. The van der Waals surface area contributed by atoms with Gasteiger partial charge in [0, 0.05) is 36.9 Å². The Hall–Kier alpha value is -1.32. The summed E-state index contributed by atoms with van der Waals surface area (Å²) < 4.78 is 0. The van der Waals surface area contributed by atoms with E-state index >= 15 is 0 Å². The fourth-order valence-electron chi connectivity index (χ4n) is 1.99. The standard InChI is InChI=1S/C15H23N3/c1-11(2)17-9-12(3)18-10-13-4-5-15-14(8-13)6-7-16-15/h4-8,11-12,16-18H,9-10H2,1-3H3. The molecule has 1 aromatic carbocycles. The monoisotopic (exact) mass is 245 g/mol. The lowest BCUT2D eigenvalue weighted by Crippen LogP contribution is -2.38. The predicted molar refractivity (Wildman–Crippen MR) is 77.7 cm³/mol. The topological polar surface area (TPSA) is 39.8 Å². The molecule has 98 valence electrons. The molecule has 0 aliphatic heterocycles. The van der Waals surface area contributed by atoms with Crippen LogP contribution in [0, 0.1) is 0 Å². The average Bonchev–Trinajstić information content (AvgIpc) is 2.81. The van der Waals surface area contributed by atoms with E-state index in [1.807, 2.05) is 6.20 Å². The maximum Gasteiger partial charge on any atom is 0.0454 e. The fraction of sp³-hybridized carbons (Fsp3) is 0.467. The molecular formula is C15H23N3. The zero-order chi connectivity index (χ0) is 13.0. The molecule has 0 fully saturated rings. The average molecular weight is 245 g/mol. The summed E-state index contributed by atoms with van der Waals surface area (Å²) in [6.07, 6.45) is 1.98. The molecule has 3 nitrogen and oxygen atoms in total. The van der Waals surface area contributed by atoms with Gasteiger partial charge in [0.15, 0.2) is 0 Å². The number of benzene rings is 1. The van der Waals surface area contributed by atoms with Crippen LogP contribution in [0.5, 0.6) is 0 Å². The molecule has 1 aromatic heterocycles. The van der Waals surface area contributed by atoms with Gasteiger partial charge in [0.2, 0.25) is 0 Å². The minimum Gasteiger partial charge on any atom is -0.361 e. The third-order valence-electron chi connectivity index (χ3n) is 3.10. The van der Waals surface area contributed by atoms with Crippen molar-refractivity contribution in [1.82, 2.24) is 15.6 Å². The second-order valence-corrected chi connectivity index (χ2v) is 5.24. The summed E-state index contributed by atoms with van der Waals surface area (Å²) in [4.78, 5) is 3.21. The van der Waals surface area contributed by atoms with Gasteiger partial charge < -0.3 is 15.6 Å². The number of nitrogens with one attached hydrogen (secondary N) is 3. The smallest absolute Gasteiger partial charge is 0.0454 e. The van der Waals surface area contributed by atoms with Crippen LogP contribution in [0.4, 0.5) is 0 Å². The number of rotatable bonds is 6. The van der Waals surface area contributed by atoms with E-state index in [1.165, 1.54) is 16.5 Å². The first-order valence-corrected chi connectivity index (χ1v) is 6.68. The van der Waals surface area contributed by atoms with Crippen molar-refractivity contribution in [3.05, 3.63) is 36.0 Å². The second kappa shape index (κ2) is 6.03. The summed E-state index contributed by atoms with van der Waals surface area (Å²) in [6, 6.07) is 9.70. The van der Waals surface area contributed by atoms with Crippen LogP contribution in [0.3, 0.4) is 0 Å². The first-order chi connectivity index (χ1) is 8.65. The van der Waals surface area contributed by atoms with Crippen LogP contribution in [0.2, 0.25) is 0 Å². The number of H-pyrrole nitrogens is 1. The molecule has 0 spiro atoms. The zero-order valence-electron chi connectivity index (χ0n) is 11.5. The second-order valence-electron chi connectivity index (χ2n) is 5.24. The van der Waals surface area contributed by atoms with Gasteiger partial charge in [0.1, 0.15) is 0 Å². The van der Waals surface area contributed by atoms with Crippen molar-refractivity contribution in [2.45, 2.75) is 39.4 Å². The third kappa shape index (κ3) is 3.59. The number of hydrogen-bond donors (Lipinski definition) is 3. The molecule has 0 saturated heterocycles. The van der Waals surface area contributed by atoms with Crippen molar-refractivity contribution in [1.29, 1.82) is 0 Å². The Balaban J connectivity index is 1.85. The molecule has 1 heterocycles. The largest absolute Gasteiger partial charge is 0.361 e. The summed E-state index contributed by atoms with van der Waals surface area (Å²) >= 11 is 0. The van der Waals surface area contributed by atoms with E-state index < -0.39 is 0 Å². The van der Waals surface area contributed by atoms with Crippen molar-refractivity contribution >= 4 is 10.9 Å². The van der Waals surface area contributed by atoms with Crippen LogP contribution in [0.1, 0.15) is 26.3 Å². The van der Waals surface area contributed by atoms with E-state index in [-0.39, 0.29) is 0 Å². The molecule has 3 N–H and O–H groups in total. The van der Waals surface area contributed by atoms with Crippen molar-refractivity contribution in [2.24, 2.45) is 0 Å². The fourth-order valence-corrected chi connectivity index (χ4v) is 1.99. The first-order valence-electron chi connectivity index (χ1n) is 6.68. The summed E-state index contributed by atoms with van der Waals surface area (Å²) in [5.74, 6) is 0. The molecule has 0 bridgehead atoms. The van der Waals surface area contributed by atoms with Gasteiger partial charge in [-0.25, -0.2) is 0 Å². The molecule has 0 amide bonds. The van der Waals surface area contributed by atoms with E-state index in [1.54, 1.807) is 0 Å². The van der Waals surface area contributed by atoms with Gasteiger partial charge >= 0.3 is 0 Å². The maximum atomic E-state index is 3.54. The quantitative estimate of drug-likeness (QED) is 0.732. The summed E-state index contributed by atoms with van der Waals surface area (Å²) in [5.41, 5.74) is 2.53. The Kier molecular flexibility index (Phi) is 4.39. The van der Waals surface area contributed by atoms with E-state index in [0.717, 1.165) is 13.1 Å².